The third kappa shape index (κ3) is 13.3. The molecule has 1 N–H and O–H groups in total. The molecule has 3 nitrogen and oxygen atoms in total. The molecule has 0 saturated carbocycles. The van der Waals surface area contributed by atoms with Crippen LogP contribution in [0.25, 0.3) is 0 Å². The molecule has 0 saturated heterocycles. The summed E-state index contributed by atoms with van der Waals surface area (Å²) in [6.45, 7) is 12.1. The van der Waals surface area contributed by atoms with E-state index in [1.165, 1.54) is 16.7 Å². The van der Waals surface area contributed by atoms with Crippen LogP contribution in [0.5, 0.6) is 0 Å². The average Bonchev–Trinajstić information content (AvgIpc) is 2.68. The summed E-state index contributed by atoms with van der Waals surface area (Å²) in [6, 6.07) is 19.2. The minimum atomic E-state index is -0.875. The molecule has 0 aliphatic carbocycles. The minimum Gasteiger partial charge on any atom is -0.478 e. The van der Waals surface area contributed by atoms with Crippen molar-refractivity contribution in [1.82, 2.24) is 4.98 Å². The van der Waals surface area contributed by atoms with Gasteiger partial charge in [0.05, 0.1) is 5.56 Å². The van der Waals surface area contributed by atoms with Gasteiger partial charge >= 0.3 is 5.97 Å². The lowest BCUT2D eigenvalue weighted by molar-refractivity contribution is 0.0697. The molecule has 3 heteroatoms. The Hall–Kier alpha value is -2.94. The van der Waals surface area contributed by atoms with Crippen LogP contribution in [-0.4, -0.2) is 16.1 Å². The molecule has 0 unspecified atom stereocenters. The first-order chi connectivity index (χ1) is 12.9. The Morgan fingerprint density at radius 2 is 1.11 bits per heavy atom. The largest absolute Gasteiger partial charge is 0.478 e. The highest BCUT2D eigenvalue weighted by Crippen LogP contribution is 2.02. The van der Waals surface area contributed by atoms with E-state index in [4.69, 9.17) is 5.11 Å². The molecule has 28 heavy (non-hydrogen) atoms. The third-order valence-corrected chi connectivity index (χ3v) is 3.33. The fourth-order valence-electron chi connectivity index (χ4n) is 1.78. The summed E-state index contributed by atoms with van der Waals surface area (Å²) in [5.74, 6) is -0.875. The molecule has 3 aromatic rings. The standard InChI is InChI=1S/C8H8O2.C8H10.C6H7N.C2H6.CH4/c1-6-2-4-7(5-3-6)8(9)10;1-7-3-5-8(2)6-4-7;1-6-3-2-4-7-5-6;1-2;/h2-5H,1H3,(H,9,10);3-6H,1-2H3;2-5H,1H3;1-2H3;1H4. The highest BCUT2D eigenvalue weighted by molar-refractivity contribution is 5.87. The molecule has 0 aliphatic rings. The van der Waals surface area contributed by atoms with Crippen molar-refractivity contribution in [3.05, 3.63) is 101 Å². The summed E-state index contributed by atoms with van der Waals surface area (Å²) in [5.41, 5.74) is 5.28. The Morgan fingerprint density at radius 3 is 1.36 bits per heavy atom. The second kappa shape index (κ2) is 16.2. The van der Waals surface area contributed by atoms with E-state index in [0.29, 0.717) is 5.56 Å². The number of carbonyl (C=O) groups is 1. The van der Waals surface area contributed by atoms with Gasteiger partial charge in [-0.3, -0.25) is 4.98 Å². The topological polar surface area (TPSA) is 50.2 Å². The van der Waals surface area contributed by atoms with Gasteiger partial charge < -0.3 is 5.11 Å². The van der Waals surface area contributed by atoms with Crippen molar-refractivity contribution in [1.29, 1.82) is 0 Å². The van der Waals surface area contributed by atoms with Gasteiger partial charge in [-0.05, 0) is 51.5 Å². The zero-order valence-electron chi connectivity index (χ0n) is 17.2. The van der Waals surface area contributed by atoms with Crippen LogP contribution >= 0.6 is 0 Å². The quantitative estimate of drug-likeness (QED) is 0.491. The van der Waals surface area contributed by atoms with E-state index in [2.05, 4.69) is 43.1 Å². The van der Waals surface area contributed by atoms with Crippen LogP contribution in [0.4, 0.5) is 0 Å². The molecular weight excluding hydrogens is 346 g/mol. The summed E-state index contributed by atoms with van der Waals surface area (Å²) < 4.78 is 0. The molecule has 0 amide bonds. The van der Waals surface area contributed by atoms with E-state index in [9.17, 15) is 4.79 Å². The molecular formula is C25H35NO2. The molecule has 152 valence electrons. The van der Waals surface area contributed by atoms with Gasteiger partial charge in [-0.25, -0.2) is 4.79 Å². The zero-order chi connectivity index (χ0) is 20.7. The van der Waals surface area contributed by atoms with E-state index < -0.39 is 5.97 Å². The lowest BCUT2D eigenvalue weighted by Gasteiger charge is -1.92. The van der Waals surface area contributed by atoms with E-state index in [-0.39, 0.29) is 7.43 Å². The Balaban J connectivity index is 0. The summed E-state index contributed by atoms with van der Waals surface area (Å²) >= 11 is 0. The Labute approximate surface area is 171 Å². The van der Waals surface area contributed by atoms with Crippen LogP contribution in [0.15, 0.2) is 73.1 Å². The maximum Gasteiger partial charge on any atom is 0.335 e. The van der Waals surface area contributed by atoms with Crippen molar-refractivity contribution in [2.75, 3.05) is 0 Å². The fraction of sp³-hybridized carbons (Fsp3) is 0.280. The van der Waals surface area contributed by atoms with Gasteiger partial charge in [-0.15, -0.1) is 0 Å². The highest BCUT2D eigenvalue weighted by atomic mass is 16.4. The lowest BCUT2D eigenvalue weighted by atomic mass is 10.2. The molecule has 0 bridgehead atoms. The predicted molar refractivity (Wildman–Crippen MR) is 121 cm³/mol. The zero-order valence-corrected chi connectivity index (χ0v) is 17.2. The fourth-order valence-corrected chi connectivity index (χ4v) is 1.78. The molecule has 0 aliphatic heterocycles. The van der Waals surface area contributed by atoms with Crippen molar-refractivity contribution in [2.24, 2.45) is 0 Å². The van der Waals surface area contributed by atoms with Crippen molar-refractivity contribution < 1.29 is 9.90 Å². The first-order valence-corrected chi connectivity index (χ1v) is 9.08. The monoisotopic (exact) mass is 381 g/mol. The second-order valence-electron chi connectivity index (χ2n) is 5.86. The molecule has 3 rings (SSSR count). The summed E-state index contributed by atoms with van der Waals surface area (Å²) in [6.07, 6.45) is 3.60. The molecule has 0 radical (unpaired) electrons. The average molecular weight is 382 g/mol. The SMILES string of the molecule is C.CC.Cc1ccc(C(=O)O)cc1.Cc1ccc(C)cc1.Cc1cccnc1. The Morgan fingerprint density at radius 1 is 0.714 bits per heavy atom. The lowest BCUT2D eigenvalue weighted by Crippen LogP contribution is -1.94. The second-order valence-corrected chi connectivity index (χ2v) is 5.86. The summed E-state index contributed by atoms with van der Waals surface area (Å²) in [4.78, 5) is 14.2. The Bertz CT molecular complexity index is 728. The molecule has 0 spiro atoms. The Kier molecular flexibility index (Phi) is 15.8. The van der Waals surface area contributed by atoms with Gasteiger partial charge in [-0.2, -0.15) is 0 Å². The summed E-state index contributed by atoms with van der Waals surface area (Å²) in [5, 5.41) is 8.48. The van der Waals surface area contributed by atoms with Crippen molar-refractivity contribution in [3.63, 3.8) is 0 Å². The van der Waals surface area contributed by atoms with Gasteiger partial charge in [0.2, 0.25) is 0 Å². The maximum atomic E-state index is 10.3. The van der Waals surface area contributed by atoms with Crippen LogP contribution in [0.2, 0.25) is 0 Å². The van der Waals surface area contributed by atoms with Crippen LogP contribution < -0.4 is 0 Å². The number of pyridine rings is 1. The molecule has 2 aromatic carbocycles. The number of benzene rings is 2. The van der Waals surface area contributed by atoms with Gasteiger partial charge in [0.15, 0.2) is 0 Å². The third-order valence-electron chi connectivity index (χ3n) is 3.33. The maximum absolute atomic E-state index is 10.3. The molecule has 1 heterocycles. The van der Waals surface area contributed by atoms with Crippen LogP contribution in [-0.2, 0) is 0 Å². The number of carboxylic acid groups (broad SMARTS) is 1. The molecule has 0 fully saturated rings. The number of nitrogens with zero attached hydrogens (tertiary/aromatic N) is 1. The number of aromatic carboxylic acids is 1. The number of hydrogen-bond donors (Lipinski definition) is 1. The van der Waals surface area contributed by atoms with Crippen LogP contribution in [0.3, 0.4) is 0 Å². The number of hydrogen-bond acceptors (Lipinski definition) is 2. The van der Waals surface area contributed by atoms with Gasteiger partial charge in [0.1, 0.15) is 0 Å². The smallest absolute Gasteiger partial charge is 0.335 e. The predicted octanol–water partition coefficient (Wildman–Crippen LogP) is 7.05. The normalized spacial score (nSPS) is 8.36. The number of rotatable bonds is 1. The summed E-state index contributed by atoms with van der Waals surface area (Å²) in [7, 11) is 0. The van der Waals surface area contributed by atoms with Crippen molar-refractivity contribution in [2.45, 2.75) is 49.0 Å². The first-order valence-electron chi connectivity index (χ1n) is 9.08. The highest BCUT2D eigenvalue weighted by Gasteiger charge is 1.98. The van der Waals surface area contributed by atoms with Crippen molar-refractivity contribution in [3.8, 4) is 0 Å². The molecule has 1 aromatic heterocycles. The van der Waals surface area contributed by atoms with Gasteiger partial charge in [0, 0.05) is 12.4 Å². The minimum absolute atomic E-state index is 0. The number of carboxylic acids is 1. The molecule has 0 atom stereocenters. The van der Waals surface area contributed by atoms with Crippen LogP contribution in [0, 0.1) is 27.7 Å². The van der Waals surface area contributed by atoms with Crippen LogP contribution in [0.1, 0.15) is 53.9 Å². The van der Waals surface area contributed by atoms with E-state index in [1.54, 1.807) is 30.5 Å². The van der Waals surface area contributed by atoms with Gasteiger partial charge in [0.25, 0.3) is 0 Å². The number of aromatic nitrogens is 1. The first kappa shape index (κ1) is 27.3. The van der Waals surface area contributed by atoms with E-state index >= 15 is 0 Å². The number of aryl methyl sites for hydroxylation is 4. The van der Waals surface area contributed by atoms with E-state index in [0.717, 1.165) is 5.56 Å². The van der Waals surface area contributed by atoms with Crippen molar-refractivity contribution >= 4 is 5.97 Å². The van der Waals surface area contributed by atoms with Gasteiger partial charge in [-0.1, -0.05) is 80.4 Å². The van der Waals surface area contributed by atoms with E-state index in [1.807, 2.05) is 46.0 Å².